The third-order valence-corrected chi connectivity index (χ3v) is 5.17. The Bertz CT molecular complexity index is 1010. The summed E-state index contributed by atoms with van der Waals surface area (Å²) in [5.41, 5.74) is 1.84. The van der Waals surface area contributed by atoms with Gasteiger partial charge in [0.25, 0.3) is 5.91 Å². The summed E-state index contributed by atoms with van der Waals surface area (Å²) >= 11 is 1.35. The van der Waals surface area contributed by atoms with Gasteiger partial charge in [-0.2, -0.15) is 0 Å². The van der Waals surface area contributed by atoms with Gasteiger partial charge in [0.15, 0.2) is 12.4 Å². The molecule has 0 aliphatic heterocycles. The van der Waals surface area contributed by atoms with E-state index in [1.165, 1.54) is 18.3 Å². The Morgan fingerprint density at radius 3 is 2.58 bits per heavy atom. The lowest BCUT2D eigenvalue weighted by molar-refractivity contribution is -0.119. The number of thiophene rings is 1. The average Bonchev–Trinajstić information content (AvgIpc) is 2.97. The molecule has 0 aliphatic carbocycles. The summed E-state index contributed by atoms with van der Waals surface area (Å²) in [5.74, 6) is -1.07. The Kier molecular flexibility index (Phi) is 5.14. The smallest absolute Gasteiger partial charge is 0.349 e. The van der Waals surface area contributed by atoms with E-state index >= 15 is 0 Å². The molecule has 1 amide bonds. The molecule has 3 rings (SSSR count). The summed E-state index contributed by atoms with van der Waals surface area (Å²) in [6.45, 7) is 2.93. The molecule has 1 N–H and O–H groups in total. The number of aryl methyl sites for hydroxylation is 1. The van der Waals surface area contributed by atoms with Crippen molar-refractivity contribution in [3.63, 3.8) is 0 Å². The SMILES string of the molecule is CC(=O)c1cccc(NC(=O)COC(=O)c2sc3ccccc3c2C)c1. The summed E-state index contributed by atoms with van der Waals surface area (Å²) in [6, 6.07) is 14.3. The van der Waals surface area contributed by atoms with Crippen LogP contribution in [0.1, 0.15) is 32.5 Å². The van der Waals surface area contributed by atoms with Gasteiger partial charge in [-0.25, -0.2) is 4.79 Å². The van der Waals surface area contributed by atoms with Crippen molar-refractivity contribution in [2.45, 2.75) is 13.8 Å². The highest BCUT2D eigenvalue weighted by Crippen LogP contribution is 2.30. The molecule has 5 nitrogen and oxygen atoms in total. The van der Waals surface area contributed by atoms with Gasteiger partial charge in [-0.05, 0) is 43.0 Å². The summed E-state index contributed by atoms with van der Waals surface area (Å²) in [4.78, 5) is 36.2. The van der Waals surface area contributed by atoms with Crippen LogP contribution in [0.25, 0.3) is 10.1 Å². The van der Waals surface area contributed by atoms with Crippen LogP contribution in [-0.2, 0) is 9.53 Å². The number of anilines is 1. The lowest BCUT2D eigenvalue weighted by Crippen LogP contribution is -2.21. The van der Waals surface area contributed by atoms with Crippen molar-refractivity contribution < 1.29 is 19.1 Å². The minimum absolute atomic E-state index is 0.0900. The predicted octanol–water partition coefficient (Wildman–Crippen LogP) is 4.21. The van der Waals surface area contributed by atoms with E-state index < -0.39 is 18.5 Å². The number of benzene rings is 2. The lowest BCUT2D eigenvalue weighted by atomic mass is 10.1. The van der Waals surface area contributed by atoms with Crippen molar-refractivity contribution in [3.8, 4) is 0 Å². The maximum absolute atomic E-state index is 12.3. The molecule has 1 aromatic heterocycles. The topological polar surface area (TPSA) is 72.5 Å². The lowest BCUT2D eigenvalue weighted by Gasteiger charge is -2.07. The van der Waals surface area contributed by atoms with Crippen molar-refractivity contribution in [1.29, 1.82) is 0 Å². The van der Waals surface area contributed by atoms with Crippen LogP contribution in [0.15, 0.2) is 48.5 Å². The molecule has 0 saturated carbocycles. The van der Waals surface area contributed by atoms with E-state index in [4.69, 9.17) is 4.74 Å². The zero-order valence-electron chi connectivity index (χ0n) is 14.4. The van der Waals surface area contributed by atoms with Crippen molar-refractivity contribution in [2.24, 2.45) is 0 Å². The number of fused-ring (bicyclic) bond motifs is 1. The number of hydrogen-bond donors (Lipinski definition) is 1. The van der Waals surface area contributed by atoms with Crippen molar-refractivity contribution >= 4 is 44.8 Å². The number of rotatable bonds is 5. The fourth-order valence-corrected chi connectivity index (χ4v) is 3.68. The van der Waals surface area contributed by atoms with Crippen molar-refractivity contribution in [2.75, 3.05) is 11.9 Å². The molecular weight excluding hydrogens is 350 g/mol. The largest absolute Gasteiger partial charge is 0.451 e. The second-order valence-electron chi connectivity index (χ2n) is 5.81. The van der Waals surface area contributed by atoms with Crippen molar-refractivity contribution in [1.82, 2.24) is 0 Å². The highest BCUT2D eigenvalue weighted by Gasteiger charge is 2.17. The quantitative estimate of drug-likeness (QED) is 0.542. The molecule has 3 aromatic rings. The maximum Gasteiger partial charge on any atom is 0.349 e. The van der Waals surface area contributed by atoms with Gasteiger partial charge in [-0.1, -0.05) is 30.3 Å². The molecule has 1 heterocycles. The van der Waals surface area contributed by atoms with Gasteiger partial charge in [0, 0.05) is 16.0 Å². The fraction of sp³-hybridized carbons (Fsp3) is 0.150. The number of ketones is 1. The maximum atomic E-state index is 12.3. The first-order valence-electron chi connectivity index (χ1n) is 8.02. The van der Waals surface area contributed by atoms with Crippen LogP contribution in [0.5, 0.6) is 0 Å². The first-order valence-corrected chi connectivity index (χ1v) is 8.83. The first-order chi connectivity index (χ1) is 12.5. The standard InChI is InChI=1S/C20H17NO4S/c1-12-16-8-3-4-9-17(16)26-19(12)20(24)25-11-18(23)21-15-7-5-6-14(10-15)13(2)22/h3-10H,11H2,1-2H3,(H,21,23). The Morgan fingerprint density at radius 2 is 1.85 bits per heavy atom. The first kappa shape index (κ1) is 17.8. The molecule has 0 radical (unpaired) electrons. The predicted molar refractivity (Wildman–Crippen MR) is 102 cm³/mol. The minimum atomic E-state index is -0.517. The highest BCUT2D eigenvalue weighted by molar-refractivity contribution is 7.21. The second kappa shape index (κ2) is 7.49. The van der Waals surface area contributed by atoms with E-state index in [1.807, 2.05) is 31.2 Å². The third-order valence-electron chi connectivity index (χ3n) is 3.92. The second-order valence-corrected chi connectivity index (χ2v) is 6.87. The van der Waals surface area contributed by atoms with Gasteiger partial charge in [-0.15, -0.1) is 11.3 Å². The molecule has 26 heavy (non-hydrogen) atoms. The zero-order valence-corrected chi connectivity index (χ0v) is 15.2. The molecule has 132 valence electrons. The normalized spacial score (nSPS) is 10.5. The monoisotopic (exact) mass is 367 g/mol. The van der Waals surface area contributed by atoms with Gasteiger partial charge in [0.2, 0.25) is 0 Å². The van der Waals surface area contributed by atoms with Crippen molar-refractivity contribution in [3.05, 3.63) is 64.5 Å². The number of hydrogen-bond acceptors (Lipinski definition) is 5. The summed E-state index contributed by atoms with van der Waals surface area (Å²) < 4.78 is 6.14. The third kappa shape index (κ3) is 3.81. The Morgan fingerprint density at radius 1 is 1.08 bits per heavy atom. The van der Waals surface area contributed by atoms with Crippen LogP contribution < -0.4 is 5.32 Å². The highest BCUT2D eigenvalue weighted by atomic mass is 32.1. The molecule has 6 heteroatoms. The van der Waals surface area contributed by atoms with Crippen LogP contribution in [-0.4, -0.2) is 24.3 Å². The number of carbonyl (C=O) groups is 3. The molecule has 0 aliphatic rings. The number of Topliss-reactive ketones (excluding diaryl/α,β-unsaturated/α-hetero) is 1. The fourth-order valence-electron chi connectivity index (χ4n) is 2.58. The number of ether oxygens (including phenoxy) is 1. The number of nitrogens with one attached hydrogen (secondary N) is 1. The summed E-state index contributed by atoms with van der Waals surface area (Å²) in [5, 5.41) is 3.63. The number of esters is 1. The van der Waals surface area contributed by atoms with E-state index in [0.717, 1.165) is 15.6 Å². The van der Waals surface area contributed by atoms with Gasteiger partial charge < -0.3 is 10.1 Å². The van der Waals surface area contributed by atoms with Gasteiger partial charge in [-0.3, -0.25) is 9.59 Å². The average molecular weight is 367 g/mol. The van der Waals surface area contributed by atoms with Crippen LogP contribution in [0.3, 0.4) is 0 Å². The van der Waals surface area contributed by atoms with Crippen LogP contribution >= 0.6 is 11.3 Å². The summed E-state index contributed by atoms with van der Waals surface area (Å²) in [6.07, 6.45) is 0. The summed E-state index contributed by atoms with van der Waals surface area (Å²) in [7, 11) is 0. The van der Waals surface area contributed by atoms with Gasteiger partial charge in [0.1, 0.15) is 4.88 Å². The Labute approximate surface area is 154 Å². The van der Waals surface area contributed by atoms with E-state index in [9.17, 15) is 14.4 Å². The molecule has 0 fully saturated rings. The molecule has 0 unspecified atom stereocenters. The van der Waals surface area contributed by atoms with Crippen LogP contribution in [0, 0.1) is 6.92 Å². The van der Waals surface area contributed by atoms with Crippen LogP contribution in [0.4, 0.5) is 5.69 Å². The molecule has 2 aromatic carbocycles. The Hall–Kier alpha value is -2.99. The van der Waals surface area contributed by atoms with E-state index in [0.29, 0.717) is 16.1 Å². The molecule has 0 bridgehead atoms. The van der Waals surface area contributed by atoms with E-state index in [1.54, 1.807) is 24.3 Å². The zero-order chi connectivity index (χ0) is 18.7. The van der Waals surface area contributed by atoms with Gasteiger partial charge >= 0.3 is 5.97 Å². The van der Waals surface area contributed by atoms with E-state index in [2.05, 4.69) is 5.32 Å². The molecule has 0 atom stereocenters. The van der Waals surface area contributed by atoms with Crippen LogP contribution in [0.2, 0.25) is 0 Å². The minimum Gasteiger partial charge on any atom is -0.451 e. The Balaban J connectivity index is 1.63. The van der Waals surface area contributed by atoms with E-state index in [-0.39, 0.29) is 5.78 Å². The molecule has 0 saturated heterocycles. The number of amides is 1. The number of carbonyl (C=O) groups excluding carboxylic acids is 3. The molecule has 0 spiro atoms. The van der Waals surface area contributed by atoms with Gasteiger partial charge in [0.05, 0.1) is 0 Å². The molecular formula is C20H17NO4S.